The molecule has 0 radical (unpaired) electrons. The molecule has 0 aliphatic rings. The molecule has 1 aromatic carbocycles. The van der Waals surface area contributed by atoms with E-state index < -0.39 is 6.04 Å². The van der Waals surface area contributed by atoms with Gasteiger partial charge in [0.2, 0.25) is 0 Å². The van der Waals surface area contributed by atoms with Crippen LogP contribution in [0.3, 0.4) is 0 Å². The van der Waals surface area contributed by atoms with E-state index in [9.17, 15) is 9.59 Å². The molecule has 1 atom stereocenters. The number of rotatable bonds is 6. The van der Waals surface area contributed by atoms with Gasteiger partial charge in [0.05, 0.1) is 0 Å². The third-order valence-corrected chi connectivity index (χ3v) is 3.90. The van der Waals surface area contributed by atoms with Crippen LogP contribution in [0, 0.1) is 0 Å². The summed E-state index contributed by atoms with van der Waals surface area (Å²) in [7, 11) is 0. The minimum absolute atomic E-state index is 0.214. The van der Waals surface area contributed by atoms with Crippen LogP contribution in [0.1, 0.15) is 37.6 Å². The maximum absolute atomic E-state index is 12.4. The van der Waals surface area contributed by atoms with Gasteiger partial charge in [0.15, 0.2) is 5.11 Å². The van der Waals surface area contributed by atoms with Crippen molar-refractivity contribution >= 4 is 40.9 Å². The molecule has 0 unspecified atom stereocenters. The number of carbonyl (C=O) groups is 2. The molecule has 0 bridgehead atoms. The van der Waals surface area contributed by atoms with Gasteiger partial charge in [-0.05, 0) is 63.6 Å². The Bertz CT molecular complexity index is 588. The summed E-state index contributed by atoms with van der Waals surface area (Å²) in [5.74, 6) is 0.131. The van der Waals surface area contributed by atoms with E-state index in [1.165, 1.54) is 0 Å². The van der Waals surface area contributed by atoms with Gasteiger partial charge in [0.25, 0.3) is 11.8 Å². The molecule has 0 saturated heterocycles. The summed E-state index contributed by atoms with van der Waals surface area (Å²) >= 11 is 6.74. The van der Waals surface area contributed by atoms with E-state index in [4.69, 9.17) is 12.2 Å². The van der Waals surface area contributed by atoms with Gasteiger partial charge >= 0.3 is 0 Å². The number of thiocarbonyl (C=S) groups is 1. The predicted molar refractivity (Wildman–Crippen MR) is 107 cm³/mol. The standard InChI is InChI=1S/C17H26N4O2S2/c1-17(2,3)19-16(24)21-20-15(23)13(10-11-25-4)18-14(22)12-8-6-5-7-9-12/h5-9,13H,10-11H2,1-4H3,(H,18,22)(H,20,23)(H2,19,21,24)/t13-/m1/s1. The third-order valence-electron chi connectivity index (χ3n) is 3.06. The first-order valence-electron chi connectivity index (χ1n) is 7.96. The summed E-state index contributed by atoms with van der Waals surface area (Å²) in [6.45, 7) is 5.89. The van der Waals surface area contributed by atoms with Gasteiger partial charge in [-0.3, -0.25) is 20.4 Å². The van der Waals surface area contributed by atoms with Crippen LogP contribution in [-0.2, 0) is 4.79 Å². The lowest BCUT2D eigenvalue weighted by Crippen LogP contribution is -2.56. The maximum atomic E-state index is 12.4. The second kappa shape index (κ2) is 10.2. The number of carbonyl (C=O) groups excluding carboxylic acids is 2. The molecule has 0 fully saturated rings. The molecule has 0 heterocycles. The minimum atomic E-state index is -0.648. The fourth-order valence-corrected chi connectivity index (χ4v) is 2.74. The Balaban J connectivity index is 2.63. The van der Waals surface area contributed by atoms with Crippen LogP contribution in [0.15, 0.2) is 30.3 Å². The van der Waals surface area contributed by atoms with Gasteiger partial charge < -0.3 is 10.6 Å². The molecule has 0 saturated carbocycles. The fourth-order valence-electron chi connectivity index (χ4n) is 1.91. The van der Waals surface area contributed by atoms with E-state index in [0.29, 0.717) is 17.1 Å². The van der Waals surface area contributed by atoms with E-state index in [-0.39, 0.29) is 17.4 Å². The highest BCUT2D eigenvalue weighted by molar-refractivity contribution is 7.98. The summed E-state index contributed by atoms with van der Waals surface area (Å²) in [5, 5.41) is 6.13. The van der Waals surface area contributed by atoms with Crippen molar-refractivity contribution in [2.75, 3.05) is 12.0 Å². The van der Waals surface area contributed by atoms with Crippen LogP contribution in [-0.4, -0.2) is 40.5 Å². The van der Waals surface area contributed by atoms with E-state index in [1.807, 2.05) is 33.1 Å². The van der Waals surface area contributed by atoms with Crippen LogP contribution in [0.25, 0.3) is 0 Å². The Morgan fingerprint density at radius 1 is 1.16 bits per heavy atom. The molecule has 138 valence electrons. The molecule has 1 aromatic rings. The number of amides is 2. The van der Waals surface area contributed by atoms with Crippen molar-refractivity contribution in [1.82, 2.24) is 21.5 Å². The Morgan fingerprint density at radius 2 is 1.80 bits per heavy atom. The predicted octanol–water partition coefficient (Wildman–Crippen LogP) is 1.83. The van der Waals surface area contributed by atoms with Crippen LogP contribution >= 0.6 is 24.0 Å². The van der Waals surface area contributed by atoms with Crippen molar-refractivity contribution in [2.45, 2.75) is 38.8 Å². The van der Waals surface area contributed by atoms with E-state index in [2.05, 4.69) is 21.5 Å². The first-order chi connectivity index (χ1) is 11.7. The van der Waals surface area contributed by atoms with E-state index >= 15 is 0 Å². The maximum Gasteiger partial charge on any atom is 0.260 e. The zero-order valence-corrected chi connectivity index (χ0v) is 16.6. The molecule has 8 heteroatoms. The van der Waals surface area contributed by atoms with E-state index in [0.717, 1.165) is 5.75 Å². The first kappa shape index (κ1) is 21.2. The zero-order valence-electron chi connectivity index (χ0n) is 15.0. The fraction of sp³-hybridized carbons (Fsp3) is 0.471. The van der Waals surface area contributed by atoms with Gasteiger partial charge in [0, 0.05) is 11.1 Å². The van der Waals surface area contributed by atoms with Gasteiger partial charge in [0.1, 0.15) is 6.04 Å². The SMILES string of the molecule is CSCC[C@@H](NC(=O)c1ccccc1)C(=O)NNC(=S)NC(C)(C)C. The van der Waals surface area contributed by atoms with Gasteiger partial charge in [-0.2, -0.15) is 11.8 Å². The van der Waals surface area contributed by atoms with Crippen LogP contribution in [0.4, 0.5) is 0 Å². The Morgan fingerprint density at radius 3 is 2.36 bits per heavy atom. The first-order valence-corrected chi connectivity index (χ1v) is 9.76. The summed E-state index contributed by atoms with van der Waals surface area (Å²) in [6, 6.07) is 8.17. The van der Waals surface area contributed by atoms with Gasteiger partial charge in [-0.1, -0.05) is 18.2 Å². The second-order valence-electron chi connectivity index (χ2n) is 6.49. The van der Waals surface area contributed by atoms with Crippen molar-refractivity contribution < 1.29 is 9.59 Å². The average molecular weight is 383 g/mol. The van der Waals surface area contributed by atoms with Crippen LogP contribution in [0.5, 0.6) is 0 Å². The quantitative estimate of drug-likeness (QED) is 0.444. The molecule has 0 aromatic heterocycles. The van der Waals surface area contributed by atoms with Crippen LogP contribution < -0.4 is 21.5 Å². The number of nitrogens with one attached hydrogen (secondary N) is 4. The number of hydrazine groups is 1. The number of hydrogen-bond donors (Lipinski definition) is 4. The summed E-state index contributed by atoms with van der Waals surface area (Å²) < 4.78 is 0. The lowest BCUT2D eigenvalue weighted by Gasteiger charge is -2.24. The van der Waals surface area contributed by atoms with Gasteiger partial charge in [-0.15, -0.1) is 0 Å². The minimum Gasteiger partial charge on any atom is -0.357 e. The normalized spacial score (nSPS) is 12.0. The number of benzene rings is 1. The molecule has 4 N–H and O–H groups in total. The van der Waals surface area contributed by atoms with Crippen LogP contribution in [0.2, 0.25) is 0 Å². The topological polar surface area (TPSA) is 82.3 Å². The average Bonchev–Trinajstić information content (AvgIpc) is 2.55. The van der Waals surface area contributed by atoms with Crippen molar-refractivity contribution in [3.05, 3.63) is 35.9 Å². The number of thioether (sulfide) groups is 1. The lowest BCUT2D eigenvalue weighted by atomic mass is 10.1. The molecule has 2 amide bonds. The van der Waals surface area contributed by atoms with Crippen molar-refractivity contribution in [3.63, 3.8) is 0 Å². The largest absolute Gasteiger partial charge is 0.357 e. The Hall–Kier alpha value is -1.80. The summed E-state index contributed by atoms with van der Waals surface area (Å²) in [5.41, 5.74) is 5.53. The Kier molecular flexibility index (Phi) is 8.71. The van der Waals surface area contributed by atoms with Crippen molar-refractivity contribution in [1.29, 1.82) is 0 Å². The van der Waals surface area contributed by atoms with E-state index in [1.54, 1.807) is 36.0 Å². The highest BCUT2D eigenvalue weighted by Crippen LogP contribution is 2.04. The summed E-state index contributed by atoms with van der Waals surface area (Å²) in [6.07, 6.45) is 2.47. The molecule has 1 rings (SSSR count). The number of hydrogen-bond acceptors (Lipinski definition) is 4. The molecule has 0 aliphatic heterocycles. The molecule has 6 nitrogen and oxygen atoms in total. The highest BCUT2D eigenvalue weighted by Gasteiger charge is 2.21. The summed E-state index contributed by atoms with van der Waals surface area (Å²) in [4.78, 5) is 24.7. The smallest absolute Gasteiger partial charge is 0.260 e. The lowest BCUT2D eigenvalue weighted by molar-refractivity contribution is -0.123. The van der Waals surface area contributed by atoms with Crippen molar-refractivity contribution in [3.8, 4) is 0 Å². The molecule has 0 spiro atoms. The zero-order chi connectivity index (χ0) is 18.9. The Labute approximate surface area is 158 Å². The molecular formula is C17H26N4O2S2. The highest BCUT2D eigenvalue weighted by atomic mass is 32.2. The third kappa shape index (κ3) is 8.74. The second-order valence-corrected chi connectivity index (χ2v) is 7.89. The van der Waals surface area contributed by atoms with Gasteiger partial charge in [-0.25, -0.2) is 0 Å². The molecular weight excluding hydrogens is 356 g/mol. The molecule has 0 aliphatic carbocycles. The van der Waals surface area contributed by atoms with Crippen molar-refractivity contribution in [2.24, 2.45) is 0 Å². The monoisotopic (exact) mass is 382 g/mol. The molecule has 25 heavy (non-hydrogen) atoms.